The summed E-state index contributed by atoms with van der Waals surface area (Å²) in [5, 5.41) is 0.455. The summed E-state index contributed by atoms with van der Waals surface area (Å²) in [6.07, 6.45) is 5.11. The Bertz CT molecular complexity index is 498. The van der Waals surface area contributed by atoms with Gasteiger partial charge in [0.1, 0.15) is 11.4 Å². The third-order valence-electron chi connectivity index (χ3n) is 4.16. The number of carbonyl (C=O) groups is 1. The molecule has 4 nitrogen and oxygen atoms in total. The van der Waals surface area contributed by atoms with Crippen molar-refractivity contribution in [2.75, 3.05) is 7.11 Å². The summed E-state index contributed by atoms with van der Waals surface area (Å²) in [6, 6.07) is 3.48. The molecule has 0 radical (unpaired) electrons. The highest BCUT2D eigenvalue weighted by Gasteiger charge is 2.43. The minimum Gasteiger partial charge on any atom is -0.495 e. The van der Waals surface area contributed by atoms with Gasteiger partial charge in [0.05, 0.1) is 13.3 Å². The molecule has 2 atom stereocenters. The molecule has 2 fully saturated rings. The number of aromatic nitrogens is 1. The lowest BCUT2D eigenvalue weighted by Crippen LogP contribution is -2.32. The van der Waals surface area contributed by atoms with Crippen LogP contribution in [-0.2, 0) is 10.8 Å². The maximum atomic E-state index is 12.4. The summed E-state index contributed by atoms with van der Waals surface area (Å²) in [5.41, 5.74) is 0.498. The topological polar surface area (TPSA) is 56.3 Å². The van der Waals surface area contributed by atoms with Gasteiger partial charge in [-0.2, -0.15) is 0 Å². The van der Waals surface area contributed by atoms with Gasteiger partial charge < -0.3 is 4.74 Å². The normalized spacial score (nSPS) is 33.1. The standard InChI is InChI=1S/C14H17NO3S/c1-18-10-2-5-13(15-8-10)14(16)9-6-11-3-4-12(7-9)19(11)17/h2,5,8-9,11-12H,3-4,6-7H2,1H3. The zero-order valence-corrected chi connectivity index (χ0v) is 11.7. The van der Waals surface area contributed by atoms with Crippen LogP contribution < -0.4 is 4.74 Å². The highest BCUT2D eigenvalue weighted by molar-refractivity contribution is 7.86. The van der Waals surface area contributed by atoms with Crippen LogP contribution in [-0.4, -0.2) is 32.6 Å². The van der Waals surface area contributed by atoms with Gasteiger partial charge in [-0.3, -0.25) is 9.00 Å². The van der Waals surface area contributed by atoms with Crippen molar-refractivity contribution in [3.63, 3.8) is 0 Å². The second kappa shape index (κ2) is 5.04. The molecule has 2 aliphatic rings. The highest BCUT2D eigenvalue weighted by Crippen LogP contribution is 2.39. The van der Waals surface area contributed by atoms with Gasteiger partial charge in [0.25, 0.3) is 0 Å². The molecule has 0 amide bonds. The second-order valence-electron chi connectivity index (χ2n) is 5.27. The number of hydrogen-bond acceptors (Lipinski definition) is 4. The number of rotatable bonds is 3. The van der Waals surface area contributed by atoms with E-state index in [-0.39, 0.29) is 22.2 Å². The van der Waals surface area contributed by atoms with Crippen LogP contribution in [0.5, 0.6) is 5.75 Å². The molecular formula is C14H17NO3S. The van der Waals surface area contributed by atoms with Crippen molar-refractivity contribution in [2.24, 2.45) is 5.92 Å². The van der Waals surface area contributed by atoms with Gasteiger partial charge in [-0.25, -0.2) is 4.98 Å². The lowest BCUT2D eigenvalue weighted by Gasteiger charge is -2.25. The summed E-state index contributed by atoms with van der Waals surface area (Å²) < 4.78 is 17.0. The molecule has 19 heavy (non-hydrogen) atoms. The van der Waals surface area contributed by atoms with Gasteiger partial charge in [0, 0.05) is 27.2 Å². The Balaban J connectivity index is 1.75. The van der Waals surface area contributed by atoms with Crippen molar-refractivity contribution in [1.29, 1.82) is 0 Å². The second-order valence-corrected chi connectivity index (χ2v) is 7.26. The predicted molar refractivity (Wildman–Crippen MR) is 72.8 cm³/mol. The molecule has 102 valence electrons. The third kappa shape index (κ3) is 2.31. The molecule has 2 bridgehead atoms. The number of carbonyl (C=O) groups excluding carboxylic acids is 1. The molecule has 1 aromatic rings. The largest absolute Gasteiger partial charge is 0.495 e. The van der Waals surface area contributed by atoms with Crippen molar-refractivity contribution in [3.05, 3.63) is 24.0 Å². The molecular weight excluding hydrogens is 262 g/mol. The minimum absolute atomic E-state index is 0.00362. The van der Waals surface area contributed by atoms with Crippen LogP contribution in [0.25, 0.3) is 0 Å². The SMILES string of the molecule is COc1ccc(C(=O)C2CC3CCC(C2)S3=O)nc1. The van der Waals surface area contributed by atoms with Crippen LogP contribution in [0, 0.1) is 5.92 Å². The molecule has 1 aromatic heterocycles. The molecule has 3 rings (SSSR count). The first-order valence-corrected chi connectivity index (χ1v) is 7.90. The zero-order valence-electron chi connectivity index (χ0n) is 10.9. The molecule has 0 aliphatic carbocycles. The molecule has 0 N–H and O–H groups in total. The first-order valence-electron chi connectivity index (χ1n) is 6.62. The summed E-state index contributed by atoms with van der Waals surface area (Å²) >= 11 is 0. The van der Waals surface area contributed by atoms with Crippen LogP contribution in [0.1, 0.15) is 36.2 Å². The van der Waals surface area contributed by atoms with E-state index in [0.29, 0.717) is 11.4 Å². The van der Waals surface area contributed by atoms with Gasteiger partial charge in [-0.1, -0.05) is 0 Å². The maximum absolute atomic E-state index is 12.4. The van der Waals surface area contributed by atoms with E-state index in [2.05, 4.69) is 4.98 Å². The van der Waals surface area contributed by atoms with Gasteiger partial charge in [0.15, 0.2) is 5.78 Å². The summed E-state index contributed by atoms with van der Waals surface area (Å²) in [5.74, 6) is 0.744. The van der Waals surface area contributed by atoms with Crippen LogP contribution in [0.3, 0.4) is 0 Å². The number of ether oxygens (including phenoxy) is 1. The van der Waals surface area contributed by atoms with E-state index in [1.165, 1.54) is 0 Å². The number of fused-ring (bicyclic) bond motifs is 2. The quantitative estimate of drug-likeness (QED) is 0.794. The van der Waals surface area contributed by atoms with E-state index >= 15 is 0 Å². The number of hydrogen-bond donors (Lipinski definition) is 0. The van der Waals surface area contributed by atoms with Gasteiger partial charge in [0.2, 0.25) is 0 Å². The Labute approximate surface area is 115 Å². The minimum atomic E-state index is -0.710. The highest BCUT2D eigenvalue weighted by atomic mass is 32.2. The average molecular weight is 279 g/mol. The van der Waals surface area contributed by atoms with E-state index in [0.717, 1.165) is 25.7 Å². The Morgan fingerprint density at radius 2 is 2.00 bits per heavy atom. The van der Waals surface area contributed by atoms with Crippen molar-refractivity contribution in [1.82, 2.24) is 4.98 Å². The van der Waals surface area contributed by atoms with Crippen LogP contribution in [0.2, 0.25) is 0 Å². The van der Waals surface area contributed by atoms with Crippen molar-refractivity contribution in [2.45, 2.75) is 36.2 Å². The summed E-state index contributed by atoms with van der Waals surface area (Å²) in [7, 11) is 0.866. The van der Waals surface area contributed by atoms with E-state index in [1.54, 1.807) is 25.4 Å². The van der Waals surface area contributed by atoms with E-state index in [1.807, 2.05) is 0 Å². The van der Waals surface area contributed by atoms with Crippen molar-refractivity contribution < 1.29 is 13.7 Å². The van der Waals surface area contributed by atoms with Gasteiger partial charge in [-0.15, -0.1) is 0 Å². The van der Waals surface area contributed by atoms with Gasteiger partial charge >= 0.3 is 0 Å². The molecule has 2 saturated heterocycles. The first-order chi connectivity index (χ1) is 9.19. The van der Waals surface area contributed by atoms with Crippen molar-refractivity contribution >= 4 is 16.6 Å². The molecule has 0 spiro atoms. The average Bonchev–Trinajstić information content (AvgIpc) is 2.68. The molecule has 3 heterocycles. The predicted octanol–water partition coefficient (Wildman–Crippen LogP) is 1.96. The summed E-state index contributed by atoms with van der Waals surface area (Å²) in [6.45, 7) is 0. The van der Waals surface area contributed by atoms with E-state index < -0.39 is 10.8 Å². The zero-order chi connectivity index (χ0) is 13.4. The fourth-order valence-electron chi connectivity index (χ4n) is 3.10. The lowest BCUT2D eigenvalue weighted by atomic mass is 9.92. The van der Waals surface area contributed by atoms with E-state index in [9.17, 15) is 9.00 Å². The Morgan fingerprint density at radius 3 is 2.53 bits per heavy atom. The van der Waals surface area contributed by atoms with Gasteiger partial charge in [-0.05, 0) is 37.8 Å². The molecule has 0 aromatic carbocycles. The number of ketones is 1. The fourth-order valence-corrected chi connectivity index (χ4v) is 5.23. The molecule has 2 aliphatic heterocycles. The molecule has 5 heteroatoms. The van der Waals surface area contributed by atoms with Crippen molar-refractivity contribution in [3.8, 4) is 5.75 Å². The first kappa shape index (κ1) is 12.8. The lowest BCUT2D eigenvalue weighted by molar-refractivity contribution is 0.0901. The number of nitrogens with zero attached hydrogens (tertiary/aromatic N) is 1. The maximum Gasteiger partial charge on any atom is 0.184 e. The number of pyridine rings is 1. The number of Topliss-reactive ketones (excluding diaryl/α,β-unsaturated/α-hetero) is 1. The Kier molecular flexibility index (Phi) is 3.39. The van der Waals surface area contributed by atoms with Crippen LogP contribution in [0.4, 0.5) is 0 Å². The number of methoxy groups -OCH3 is 1. The molecule has 0 saturated carbocycles. The van der Waals surface area contributed by atoms with Crippen LogP contribution in [0.15, 0.2) is 18.3 Å². The monoisotopic (exact) mass is 279 g/mol. The Morgan fingerprint density at radius 1 is 1.32 bits per heavy atom. The summed E-state index contributed by atoms with van der Waals surface area (Å²) in [4.78, 5) is 16.6. The van der Waals surface area contributed by atoms with E-state index in [4.69, 9.17) is 4.74 Å². The fraction of sp³-hybridized carbons (Fsp3) is 0.571. The Hall–Kier alpha value is -1.23. The third-order valence-corrected chi connectivity index (χ3v) is 6.33. The molecule has 2 unspecified atom stereocenters. The van der Waals surface area contributed by atoms with Crippen LogP contribution >= 0.6 is 0 Å². The smallest absolute Gasteiger partial charge is 0.184 e.